The zero-order chi connectivity index (χ0) is 16.9. The molecule has 2 rings (SSSR count). The fraction of sp³-hybridized carbons (Fsp3) is 0.556. The van der Waals surface area contributed by atoms with Gasteiger partial charge in [-0.1, -0.05) is 56.7 Å². The number of nitrogens with zero attached hydrogens (tertiary/aromatic N) is 2. The summed E-state index contributed by atoms with van der Waals surface area (Å²) in [4.78, 5) is 19.2. The van der Waals surface area contributed by atoms with E-state index in [0.29, 0.717) is 0 Å². The maximum atomic E-state index is 12.4. The van der Waals surface area contributed by atoms with Crippen molar-refractivity contribution >= 4 is 28.5 Å². The summed E-state index contributed by atoms with van der Waals surface area (Å²) in [5.41, 5.74) is 1.92. The first-order valence-electron chi connectivity index (χ1n) is 8.31. The zero-order valence-corrected chi connectivity index (χ0v) is 15.4. The summed E-state index contributed by atoms with van der Waals surface area (Å²) in [5.74, 6) is 0.873. The predicted octanol–water partition coefficient (Wildman–Crippen LogP) is 3.81. The summed E-state index contributed by atoms with van der Waals surface area (Å²) < 4.78 is 0. The molecule has 0 fully saturated rings. The third kappa shape index (κ3) is 4.08. The molecule has 0 spiro atoms. The summed E-state index contributed by atoms with van der Waals surface area (Å²) in [5, 5.41) is 3.75. The number of carbonyl (C=O) groups excluding carboxylic acids is 1. The first-order chi connectivity index (χ1) is 11.0. The van der Waals surface area contributed by atoms with Gasteiger partial charge in [-0.3, -0.25) is 4.79 Å². The normalized spacial score (nSPS) is 20.3. The second-order valence-corrected chi connectivity index (χ2v) is 7.14. The van der Waals surface area contributed by atoms with Gasteiger partial charge < -0.3 is 10.2 Å². The van der Waals surface area contributed by atoms with Crippen molar-refractivity contribution in [3.05, 3.63) is 29.8 Å². The fourth-order valence-corrected chi connectivity index (χ4v) is 3.77. The van der Waals surface area contributed by atoms with Crippen LogP contribution in [-0.4, -0.2) is 30.7 Å². The highest BCUT2D eigenvalue weighted by molar-refractivity contribution is 8.13. The molecule has 1 aliphatic rings. The van der Waals surface area contributed by atoms with Crippen LogP contribution >= 0.6 is 11.8 Å². The fourth-order valence-electron chi connectivity index (χ4n) is 2.83. The molecule has 0 radical (unpaired) electrons. The van der Waals surface area contributed by atoms with E-state index in [1.54, 1.807) is 11.8 Å². The highest BCUT2D eigenvalue weighted by atomic mass is 32.2. The summed E-state index contributed by atoms with van der Waals surface area (Å²) >= 11 is 1.61. The molecular formula is C18H27N3OS. The van der Waals surface area contributed by atoms with E-state index in [2.05, 4.69) is 35.3 Å². The summed E-state index contributed by atoms with van der Waals surface area (Å²) in [6.07, 6.45) is 3.72. The Kier molecular flexibility index (Phi) is 6.10. The van der Waals surface area contributed by atoms with Gasteiger partial charge >= 0.3 is 0 Å². The third-order valence-electron chi connectivity index (χ3n) is 4.33. The van der Waals surface area contributed by atoms with E-state index in [1.165, 1.54) is 11.3 Å². The number of para-hydroxylation sites is 1. The van der Waals surface area contributed by atoms with E-state index >= 15 is 0 Å². The molecule has 1 aromatic rings. The van der Waals surface area contributed by atoms with Crippen LogP contribution in [0.25, 0.3) is 0 Å². The van der Waals surface area contributed by atoms with Crippen LogP contribution in [0, 0.1) is 0 Å². The molecule has 0 saturated carbocycles. The van der Waals surface area contributed by atoms with Gasteiger partial charge in [0, 0.05) is 25.5 Å². The molecule has 1 N–H and O–H groups in total. The second kappa shape index (κ2) is 7.86. The van der Waals surface area contributed by atoms with Crippen molar-refractivity contribution < 1.29 is 4.79 Å². The molecule has 0 bridgehead atoms. The molecule has 1 aliphatic heterocycles. The summed E-state index contributed by atoms with van der Waals surface area (Å²) in [6.45, 7) is 4.20. The lowest BCUT2D eigenvalue weighted by Crippen LogP contribution is -2.38. The monoisotopic (exact) mass is 333 g/mol. The quantitative estimate of drug-likeness (QED) is 0.825. The van der Waals surface area contributed by atoms with E-state index in [4.69, 9.17) is 4.99 Å². The lowest BCUT2D eigenvalue weighted by molar-refractivity contribution is -0.124. The topological polar surface area (TPSA) is 44.7 Å². The van der Waals surface area contributed by atoms with E-state index in [0.717, 1.165) is 36.6 Å². The summed E-state index contributed by atoms with van der Waals surface area (Å²) in [6, 6.07) is 8.34. The van der Waals surface area contributed by atoms with Crippen LogP contribution in [0.2, 0.25) is 0 Å². The zero-order valence-electron chi connectivity index (χ0n) is 14.6. The molecule has 4 nitrogen and oxygen atoms in total. The number of hydrogen-bond donors (Lipinski definition) is 1. The van der Waals surface area contributed by atoms with Crippen molar-refractivity contribution in [2.24, 2.45) is 4.99 Å². The van der Waals surface area contributed by atoms with Crippen molar-refractivity contribution in [3.8, 4) is 0 Å². The Bertz CT molecular complexity index is 585. The molecule has 5 heteroatoms. The number of benzene rings is 1. The molecule has 0 aliphatic carbocycles. The van der Waals surface area contributed by atoms with Gasteiger partial charge in [-0.2, -0.15) is 0 Å². The number of carbonyl (C=O) groups is 1. The van der Waals surface area contributed by atoms with Crippen LogP contribution in [0.3, 0.4) is 0 Å². The Morgan fingerprint density at radius 2 is 2.00 bits per heavy atom. The molecule has 1 atom stereocenters. The number of amides is 1. The molecule has 1 aromatic carbocycles. The van der Waals surface area contributed by atoms with Crippen molar-refractivity contribution in [1.29, 1.82) is 0 Å². The molecule has 1 amide bonds. The first kappa shape index (κ1) is 17.9. The Balaban J connectivity index is 2.08. The molecule has 1 unspecified atom stereocenters. The van der Waals surface area contributed by atoms with Gasteiger partial charge in [0.15, 0.2) is 5.17 Å². The number of amidine groups is 1. The third-order valence-corrected chi connectivity index (χ3v) is 5.25. The van der Waals surface area contributed by atoms with Gasteiger partial charge in [0.25, 0.3) is 5.91 Å². The van der Waals surface area contributed by atoms with Crippen molar-refractivity contribution in [1.82, 2.24) is 5.32 Å². The minimum Gasteiger partial charge on any atom is -0.377 e. The van der Waals surface area contributed by atoms with Crippen molar-refractivity contribution in [2.75, 3.05) is 19.0 Å². The number of hydrogen-bond acceptors (Lipinski definition) is 4. The number of anilines is 1. The number of unbranched alkanes of at least 4 members (excludes halogenated alkanes) is 1. The summed E-state index contributed by atoms with van der Waals surface area (Å²) in [7, 11) is 4.09. The first-order valence-corrected chi connectivity index (χ1v) is 9.30. The van der Waals surface area contributed by atoms with Gasteiger partial charge in [0.05, 0.1) is 0 Å². The molecule has 23 heavy (non-hydrogen) atoms. The van der Waals surface area contributed by atoms with Crippen LogP contribution in [-0.2, 0) is 10.5 Å². The highest BCUT2D eigenvalue weighted by Crippen LogP contribution is 2.31. The van der Waals surface area contributed by atoms with Crippen LogP contribution in [0.5, 0.6) is 0 Å². The van der Waals surface area contributed by atoms with Crippen LogP contribution in [0.1, 0.15) is 45.1 Å². The predicted molar refractivity (Wildman–Crippen MR) is 100 cm³/mol. The maximum absolute atomic E-state index is 12.4. The Hall–Kier alpha value is -1.49. The largest absolute Gasteiger partial charge is 0.377 e. The van der Waals surface area contributed by atoms with E-state index in [1.807, 2.05) is 27.1 Å². The highest BCUT2D eigenvalue weighted by Gasteiger charge is 2.41. The average molecular weight is 334 g/mol. The van der Waals surface area contributed by atoms with E-state index in [9.17, 15) is 4.79 Å². The van der Waals surface area contributed by atoms with Crippen LogP contribution in [0.15, 0.2) is 29.3 Å². The standard InChI is InChI=1S/C18H27N3OS/c1-5-7-12-18(6-2)16(22)19-17(20-18)23-13-14-10-8-9-11-15(14)21(3)4/h8-11H,5-7,12-13H2,1-4H3,(H,19,20,22). The Morgan fingerprint density at radius 3 is 2.65 bits per heavy atom. The molecule has 126 valence electrons. The van der Waals surface area contributed by atoms with Gasteiger partial charge in [0.1, 0.15) is 5.54 Å². The lowest BCUT2D eigenvalue weighted by Gasteiger charge is -2.20. The van der Waals surface area contributed by atoms with E-state index < -0.39 is 5.54 Å². The smallest absolute Gasteiger partial charge is 0.253 e. The van der Waals surface area contributed by atoms with Crippen molar-refractivity contribution in [2.45, 2.75) is 50.8 Å². The molecule has 0 aromatic heterocycles. The Morgan fingerprint density at radius 1 is 1.26 bits per heavy atom. The van der Waals surface area contributed by atoms with Gasteiger partial charge in [0.2, 0.25) is 0 Å². The number of rotatable bonds is 7. The van der Waals surface area contributed by atoms with Gasteiger partial charge in [-0.15, -0.1) is 0 Å². The number of thioether (sulfide) groups is 1. The average Bonchev–Trinajstić information content (AvgIpc) is 2.87. The molecular weight excluding hydrogens is 306 g/mol. The SMILES string of the molecule is CCCCC1(CC)N=C(SCc2ccccc2N(C)C)NC1=O. The van der Waals surface area contributed by atoms with E-state index in [-0.39, 0.29) is 5.91 Å². The minimum atomic E-state index is -0.542. The molecule has 1 heterocycles. The van der Waals surface area contributed by atoms with Gasteiger partial charge in [-0.25, -0.2) is 4.99 Å². The number of nitrogens with one attached hydrogen (secondary N) is 1. The van der Waals surface area contributed by atoms with Crippen LogP contribution in [0.4, 0.5) is 5.69 Å². The van der Waals surface area contributed by atoms with Gasteiger partial charge in [-0.05, 0) is 24.5 Å². The second-order valence-electron chi connectivity index (χ2n) is 6.17. The Labute approximate surface area is 143 Å². The van der Waals surface area contributed by atoms with Crippen molar-refractivity contribution in [3.63, 3.8) is 0 Å². The maximum Gasteiger partial charge on any atom is 0.253 e. The lowest BCUT2D eigenvalue weighted by atomic mass is 9.90. The van der Waals surface area contributed by atoms with Crippen LogP contribution < -0.4 is 10.2 Å². The number of aliphatic imine (C=N–C) groups is 1. The minimum absolute atomic E-state index is 0.0665. The molecule has 0 saturated heterocycles.